The molecule has 3 aromatic rings. The number of alkyl halides is 6. The number of benzene rings is 2. The third kappa shape index (κ3) is 7.76. The third-order valence-corrected chi connectivity index (χ3v) is 5.00. The number of rotatable bonds is 6. The van der Waals surface area contributed by atoms with Gasteiger partial charge < -0.3 is 10.4 Å². The Kier molecular flexibility index (Phi) is 8.28. The number of carbonyl (C=O) groups is 1. The van der Waals surface area contributed by atoms with E-state index in [4.69, 9.17) is 11.6 Å². The van der Waals surface area contributed by atoms with E-state index < -0.39 is 47.9 Å². The Hall–Kier alpha value is -3.45. The van der Waals surface area contributed by atoms with Crippen LogP contribution in [0.15, 0.2) is 53.5 Å². The highest BCUT2D eigenvalue weighted by atomic mass is 35.5. The van der Waals surface area contributed by atoms with E-state index in [1.165, 1.54) is 13.0 Å². The number of halogens is 8. The molecule has 1 amide bonds. The van der Waals surface area contributed by atoms with Crippen molar-refractivity contribution < 1.29 is 40.6 Å². The van der Waals surface area contributed by atoms with Crippen LogP contribution in [0, 0.1) is 5.82 Å². The van der Waals surface area contributed by atoms with E-state index in [0.29, 0.717) is 18.2 Å². The lowest BCUT2D eigenvalue weighted by molar-refractivity contribution is -0.141. The van der Waals surface area contributed by atoms with Crippen molar-refractivity contribution in [1.29, 1.82) is 0 Å². The highest BCUT2D eigenvalue weighted by Crippen LogP contribution is 2.30. The van der Waals surface area contributed by atoms with Crippen LogP contribution >= 0.6 is 11.6 Å². The molecule has 2 N–H and O–H groups in total. The first-order valence-corrected chi connectivity index (χ1v) is 10.8. The molecule has 0 radical (unpaired) electrons. The molecule has 0 saturated heterocycles. The number of aromatic nitrogens is 2. The van der Waals surface area contributed by atoms with Gasteiger partial charge in [0.2, 0.25) is 0 Å². The monoisotopic (exact) mass is 550 g/mol. The number of aliphatic hydroxyl groups is 1. The smallest absolute Gasteiger partial charge is 0.391 e. The summed E-state index contributed by atoms with van der Waals surface area (Å²) >= 11 is 5.83. The average Bonchev–Trinajstić information content (AvgIpc) is 3.14. The fourth-order valence-electron chi connectivity index (χ4n) is 3.20. The van der Waals surface area contributed by atoms with Gasteiger partial charge in [0.1, 0.15) is 11.7 Å². The highest BCUT2D eigenvalue weighted by Gasteiger charge is 2.35. The largest absolute Gasteiger partial charge is 0.435 e. The molecule has 6 nitrogen and oxygen atoms in total. The van der Waals surface area contributed by atoms with Gasteiger partial charge >= 0.3 is 12.4 Å². The number of hydrogen-bond acceptors (Lipinski definition) is 4. The second-order valence-corrected chi connectivity index (χ2v) is 8.38. The zero-order chi connectivity index (χ0) is 27.5. The van der Waals surface area contributed by atoms with Gasteiger partial charge in [-0.05, 0) is 55.5 Å². The minimum atomic E-state index is -4.81. The van der Waals surface area contributed by atoms with E-state index in [0.717, 1.165) is 28.9 Å². The number of aliphatic hydroxyl groups excluding tert-OH is 1. The molecule has 3 rings (SSSR count). The Morgan fingerprint density at radius 2 is 1.73 bits per heavy atom. The maximum atomic E-state index is 13.8. The van der Waals surface area contributed by atoms with Crippen molar-refractivity contribution in [3.8, 4) is 0 Å². The van der Waals surface area contributed by atoms with Crippen molar-refractivity contribution in [1.82, 2.24) is 15.1 Å². The second kappa shape index (κ2) is 10.9. The van der Waals surface area contributed by atoms with Gasteiger partial charge in [-0.15, -0.1) is 0 Å². The Balaban J connectivity index is 2.00. The number of hydrogen-bond donors (Lipinski definition) is 2. The number of carbonyl (C=O) groups excluding carboxylic acids is 1. The summed E-state index contributed by atoms with van der Waals surface area (Å²) in [5.41, 5.74) is -2.65. The summed E-state index contributed by atoms with van der Waals surface area (Å²) in [6.45, 7) is 1.01. The lowest BCUT2D eigenvalue weighted by atomic mass is 10.1. The third-order valence-electron chi connectivity index (χ3n) is 4.78. The Morgan fingerprint density at radius 3 is 2.27 bits per heavy atom. The standard InChI is InChI=1S/C23H18ClF7N4O2/c1-12(36)11-35-18(9-19(34-35)23(29,30)31)10-20(32-17-7-15(24)6-16(25)8-17)33-21(37)13-2-4-14(5-3-13)22(26,27)28/h2-9,12,36H,10-11H2,1H3,(H,32,33,37). The molecule has 1 atom stereocenters. The van der Waals surface area contributed by atoms with E-state index in [9.17, 15) is 40.6 Å². The van der Waals surface area contributed by atoms with Crippen LogP contribution < -0.4 is 5.32 Å². The first kappa shape index (κ1) is 28.1. The summed E-state index contributed by atoms with van der Waals surface area (Å²) in [6, 6.07) is 7.04. The van der Waals surface area contributed by atoms with Gasteiger partial charge in [-0.3, -0.25) is 9.48 Å². The number of aliphatic imine (C=N–C) groups is 1. The van der Waals surface area contributed by atoms with Gasteiger partial charge in [-0.25, -0.2) is 9.38 Å². The van der Waals surface area contributed by atoms with Crippen LogP contribution in [0.25, 0.3) is 0 Å². The highest BCUT2D eigenvalue weighted by molar-refractivity contribution is 6.30. The van der Waals surface area contributed by atoms with Crippen molar-refractivity contribution >= 4 is 29.0 Å². The van der Waals surface area contributed by atoms with Crippen LogP contribution in [-0.2, 0) is 25.3 Å². The van der Waals surface area contributed by atoms with E-state index in [2.05, 4.69) is 15.4 Å². The number of amidine groups is 1. The molecular weight excluding hydrogens is 533 g/mol. The summed E-state index contributed by atoms with van der Waals surface area (Å²) in [6.07, 6.45) is -11.0. The summed E-state index contributed by atoms with van der Waals surface area (Å²) in [4.78, 5) is 16.8. The molecule has 0 aliphatic heterocycles. The summed E-state index contributed by atoms with van der Waals surface area (Å²) in [7, 11) is 0. The predicted molar refractivity (Wildman–Crippen MR) is 120 cm³/mol. The maximum absolute atomic E-state index is 13.8. The molecule has 14 heteroatoms. The molecule has 0 spiro atoms. The number of nitrogens with zero attached hydrogens (tertiary/aromatic N) is 3. The van der Waals surface area contributed by atoms with Crippen LogP contribution in [0.2, 0.25) is 5.02 Å². The fraction of sp³-hybridized carbons (Fsp3) is 0.261. The average molecular weight is 551 g/mol. The molecule has 1 aromatic heterocycles. The van der Waals surface area contributed by atoms with E-state index in [1.807, 2.05) is 0 Å². The molecule has 0 aliphatic carbocycles. The van der Waals surface area contributed by atoms with Crippen LogP contribution in [-0.4, -0.2) is 32.7 Å². The van der Waals surface area contributed by atoms with Crippen molar-refractivity contribution in [2.45, 2.75) is 38.3 Å². The Morgan fingerprint density at radius 1 is 1.08 bits per heavy atom. The van der Waals surface area contributed by atoms with Gasteiger partial charge in [0.05, 0.1) is 23.9 Å². The van der Waals surface area contributed by atoms with Gasteiger partial charge in [0, 0.05) is 22.7 Å². The first-order chi connectivity index (χ1) is 17.1. The Bertz CT molecular complexity index is 1280. The molecule has 0 fully saturated rings. The SMILES string of the molecule is CC(O)Cn1nc(C(F)(F)F)cc1CC(=Nc1cc(F)cc(Cl)c1)NC(=O)c1ccc(C(F)(F)F)cc1. The van der Waals surface area contributed by atoms with Gasteiger partial charge in [-0.2, -0.15) is 31.4 Å². The molecule has 1 heterocycles. The summed E-state index contributed by atoms with van der Waals surface area (Å²) in [5.74, 6) is -1.99. The number of nitrogens with one attached hydrogen (secondary N) is 1. The van der Waals surface area contributed by atoms with Crippen LogP contribution in [0.5, 0.6) is 0 Å². The minimum absolute atomic E-state index is 0.0503. The van der Waals surface area contributed by atoms with E-state index >= 15 is 0 Å². The quantitative estimate of drug-likeness (QED) is 0.231. The number of amides is 1. The maximum Gasteiger partial charge on any atom is 0.435 e. The predicted octanol–water partition coefficient (Wildman–Crippen LogP) is 5.80. The molecular formula is C23H18ClF7N4O2. The Labute approximate surface area is 210 Å². The van der Waals surface area contributed by atoms with Crippen molar-refractivity contribution in [2.24, 2.45) is 4.99 Å². The molecule has 0 aliphatic rings. The second-order valence-electron chi connectivity index (χ2n) is 7.94. The molecule has 198 valence electrons. The van der Waals surface area contributed by atoms with Crippen LogP contribution in [0.1, 0.15) is 34.2 Å². The zero-order valence-corrected chi connectivity index (χ0v) is 19.6. The van der Waals surface area contributed by atoms with Crippen LogP contribution in [0.3, 0.4) is 0 Å². The molecule has 0 bridgehead atoms. The lowest BCUT2D eigenvalue weighted by Crippen LogP contribution is -2.33. The minimum Gasteiger partial charge on any atom is -0.391 e. The van der Waals surface area contributed by atoms with Gasteiger partial charge in [0.15, 0.2) is 5.69 Å². The van der Waals surface area contributed by atoms with Crippen LogP contribution in [0.4, 0.5) is 36.4 Å². The summed E-state index contributed by atoms with van der Waals surface area (Å²) in [5, 5.41) is 15.4. The summed E-state index contributed by atoms with van der Waals surface area (Å²) < 4.78 is 93.0. The van der Waals surface area contributed by atoms with E-state index in [1.54, 1.807) is 0 Å². The molecule has 37 heavy (non-hydrogen) atoms. The molecule has 2 aromatic carbocycles. The van der Waals surface area contributed by atoms with Crippen molar-refractivity contribution in [2.75, 3.05) is 0 Å². The topological polar surface area (TPSA) is 79.5 Å². The van der Waals surface area contributed by atoms with Crippen molar-refractivity contribution in [3.05, 3.63) is 81.9 Å². The molecule has 1 unspecified atom stereocenters. The van der Waals surface area contributed by atoms with Gasteiger partial charge in [0.25, 0.3) is 5.91 Å². The zero-order valence-electron chi connectivity index (χ0n) is 18.8. The lowest BCUT2D eigenvalue weighted by Gasteiger charge is -2.13. The molecule has 0 saturated carbocycles. The first-order valence-electron chi connectivity index (χ1n) is 10.5. The van der Waals surface area contributed by atoms with Crippen molar-refractivity contribution in [3.63, 3.8) is 0 Å². The normalized spacial score (nSPS) is 13.5. The fourth-order valence-corrected chi connectivity index (χ4v) is 3.42. The van der Waals surface area contributed by atoms with Gasteiger partial charge in [-0.1, -0.05) is 11.6 Å². The van der Waals surface area contributed by atoms with E-state index in [-0.39, 0.29) is 34.3 Å².